The van der Waals surface area contributed by atoms with Crippen molar-refractivity contribution in [3.05, 3.63) is 347 Å². The first-order chi connectivity index (χ1) is 60.4. The van der Waals surface area contributed by atoms with Crippen molar-refractivity contribution in [1.29, 1.82) is 0 Å². The van der Waals surface area contributed by atoms with E-state index < -0.39 is 11.7 Å². The predicted octanol–water partition coefficient (Wildman–Crippen LogP) is 25.1. The number of aromatic nitrogens is 13. The highest BCUT2D eigenvalue weighted by molar-refractivity contribution is 7.98. The zero-order chi connectivity index (χ0) is 87.6. The highest BCUT2D eigenvalue weighted by Crippen LogP contribution is 2.33. The standard InChI is InChI=1S/C26H28N6.C24H21F3N6.C24H24N6S.C22H21N7/c1-17(2)20-10-7-13-23(16-20)29-26-31-24(27-21-11-5-8-18(3)14-21)30-25(32-26)28-22-12-6-9-19(4)15-22;1-15-5-3-7-19(13-15)29-22-31-21(28-18-11-9-17(10-12-18)24(25,26)27)32-23(33-22)30-20-8-4-6-16(2)14-20;1-16-7-4-9-18(13-16)25-22-28-23(26-19-10-5-8-17(2)14-19)30-24(29-22)27-20-11-6-12-21(15-20)31-3;1-15-6-3-8-17(12-15)24-20-27-21(25-18-9-4-7-16(2)13-18)29-22(28-20)26-19-10-5-11-23-14-19/h5-17H,1-4H3,(H3,27,28,29,30,31,32);3-14H,1-2H3,(H3,28,29,30,31,32,33);4-15H,1-3H3,(H3,25,26,27,28,29,30);3-14H,1-2H3,(H3,24,25,26,27,28,29). The minimum absolute atomic E-state index is 0.176. The van der Waals surface area contributed by atoms with Crippen LogP contribution in [0.1, 0.15) is 75.4 Å². The number of hydrogen-bond acceptors (Lipinski definition) is 26. The third-order valence-electron chi connectivity index (χ3n) is 18.3. The minimum Gasteiger partial charge on any atom is -0.324 e. The van der Waals surface area contributed by atoms with Crippen molar-refractivity contribution in [3.63, 3.8) is 0 Å². The summed E-state index contributed by atoms with van der Waals surface area (Å²) in [6, 6.07) is 88.7. The Kier molecular flexibility index (Phi) is 29.3. The molecule has 5 aromatic heterocycles. The van der Waals surface area contributed by atoms with E-state index in [1.165, 1.54) is 17.7 Å². The van der Waals surface area contributed by atoms with Crippen LogP contribution in [0.2, 0.25) is 0 Å². The van der Waals surface area contributed by atoms with E-state index in [2.05, 4.69) is 237 Å². The number of benzene rings is 11. The third kappa shape index (κ3) is 27.7. The number of rotatable bonds is 26. The molecule has 11 aromatic carbocycles. The van der Waals surface area contributed by atoms with E-state index in [0.29, 0.717) is 65.1 Å². The quantitative estimate of drug-likeness (QED) is 0.0224. The zero-order valence-electron chi connectivity index (χ0n) is 70.6. The number of aryl methyl sites for hydroxylation is 8. The van der Waals surface area contributed by atoms with Crippen molar-refractivity contribution in [1.82, 2.24) is 64.8 Å². The molecule has 0 atom stereocenters. The molecule has 0 unspecified atom stereocenters. The summed E-state index contributed by atoms with van der Waals surface area (Å²) in [5.74, 6) is 5.22. The van der Waals surface area contributed by atoms with E-state index in [1.807, 2.05) is 222 Å². The van der Waals surface area contributed by atoms with Gasteiger partial charge in [-0.05, 0) is 281 Å². The first kappa shape index (κ1) is 87.2. The van der Waals surface area contributed by atoms with Crippen molar-refractivity contribution in [2.45, 2.75) is 86.2 Å². The van der Waals surface area contributed by atoms with E-state index in [4.69, 9.17) is 0 Å². The number of nitrogens with one attached hydrogen (secondary N) is 12. The maximum absolute atomic E-state index is 12.9. The fourth-order valence-corrected chi connectivity index (χ4v) is 12.8. The van der Waals surface area contributed by atoms with Gasteiger partial charge >= 0.3 is 6.18 Å². The largest absolute Gasteiger partial charge is 0.416 e. The van der Waals surface area contributed by atoms with E-state index >= 15 is 0 Å². The van der Waals surface area contributed by atoms with Gasteiger partial charge in [-0.1, -0.05) is 129 Å². The number of nitrogens with zero attached hydrogens (tertiary/aromatic N) is 13. The van der Waals surface area contributed by atoms with Crippen LogP contribution in [-0.4, -0.2) is 71.0 Å². The van der Waals surface area contributed by atoms with Crippen LogP contribution in [0.5, 0.6) is 0 Å². The number of thioether (sulfide) groups is 1. The Balaban J connectivity index is 0.000000143. The molecule has 0 saturated carbocycles. The number of pyridine rings is 1. The van der Waals surface area contributed by atoms with Crippen molar-refractivity contribution in [3.8, 4) is 0 Å². The average molecular weight is 1690 g/mol. The molecular weight excluding hydrogens is 1590 g/mol. The van der Waals surface area contributed by atoms with Gasteiger partial charge in [-0.15, -0.1) is 11.8 Å². The zero-order valence-corrected chi connectivity index (χ0v) is 71.5. The number of alkyl halides is 3. The fraction of sp³-hybridized carbons (Fsp3) is 0.135. The van der Waals surface area contributed by atoms with E-state index in [0.717, 1.165) is 124 Å². The summed E-state index contributed by atoms with van der Waals surface area (Å²) in [6.07, 6.45) is 1.08. The smallest absolute Gasteiger partial charge is 0.324 e. The Morgan fingerprint density at radius 2 is 0.456 bits per heavy atom. The van der Waals surface area contributed by atoms with Crippen LogP contribution in [0.3, 0.4) is 0 Å². The highest BCUT2D eigenvalue weighted by atomic mass is 32.2. The maximum Gasteiger partial charge on any atom is 0.416 e. The summed E-state index contributed by atoms with van der Waals surface area (Å²) in [5, 5.41) is 38.7. The van der Waals surface area contributed by atoms with Crippen LogP contribution < -0.4 is 63.8 Å². The molecule has 16 rings (SSSR count). The van der Waals surface area contributed by atoms with Crippen LogP contribution in [-0.2, 0) is 6.18 Å². The van der Waals surface area contributed by atoms with E-state index in [1.54, 1.807) is 24.2 Å². The summed E-state index contributed by atoms with van der Waals surface area (Å²) < 4.78 is 38.6. The van der Waals surface area contributed by atoms with E-state index in [9.17, 15) is 13.2 Å². The van der Waals surface area contributed by atoms with Gasteiger partial charge in [0.05, 0.1) is 17.4 Å². The van der Waals surface area contributed by atoms with Crippen molar-refractivity contribution < 1.29 is 13.2 Å². The molecule has 0 spiro atoms. The Morgan fingerprint density at radius 3 is 0.680 bits per heavy atom. The van der Waals surface area contributed by atoms with Gasteiger partial charge in [-0.2, -0.15) is 73.0 Å². The molecular formula is C96H94F3N25S. The fourth-order valence-electron chi connectivity index (χ4n) is 12.4. The Morgan fingerprint density at radius 1 is 0.240 bits per heavy atom. The Hall–Kier alpha value is -15.7. The van der Waals surface area contributed by atoms with Crippen LogP contribution in [0.25, 0.3) is 0 Å². The van der Waals surface area contributed by atoms with Crippen LogP contribution in [0.4, 0.5) is 153 Å². The molecule has 25 nitrogen and oxygen atoms in total. The van der Waals surface area contributed by atoms with Gasteiger partial charge in [-0.25, -0.2) is 0 Å². The minimum atomic E-state index is -4.40. The van der Waals surface area contributed by atoms with Gasteiger partial charge < -0.3 is 63.8 Å². The second kappa shape index (κ2) is 42.0. The average Bonchev–Trinajstić information content (AvgIpc) is 0.838. The van der Waals surface area contributed by atoms with Gasteiger partial charge in [0.25, 0.3) is 0 Å². The topological polar surface area (TPSA) is 312 Å². The van der Waals surface area contributed by atoms with Gasteiger partial charge in [0.1, 0.15) is 0 Å². The molecule has 0 amide bonds. The molecule has 125 heavy (non-hydrogen) atoms. The molecule has 12 N–H and O–H groups in total. The monoisotopic (exact) mass is 1690 g/mol. The molecule has 0 radical (unpaired) electrons. The lowest BCUT2D eigenvalue weighted by atomic mass is 10.0. The summed E-state index contributed by atoms with van der Waals surface area (Å²) in [5.41, 5.74) is 19.7. The van der Waals surface area contributed by atoms with Crippen LogP contribution in [0, 0.1) is 55.4 Å². The second-order valence-electron chi connectivity index (χ2n) is 29.5. The third-order valence-corrected chi connectivity index (χ3v) is 19.0. The first-order valence-corrected chi connectivity index (χ1v) is 41.3. The summed E-state index contributed by atoms with van der Waals surface area (Å²) >= 11 is 1.69. The van der Waals surface area contributed by atoms with Gasteiger partial charge in [0, 0.05) is 73.7 Å². The van der Waals surface area contributed by atoms with E-state index in [-0.39, 0.29) is 17.8 Å². The van der Waals surface area contributed by atoms with Crippen LogP contribution >= 0.6 is 11.8 Å². The van der Waals surface area contributed by atoms with Gasteiger partial charge in [-0.3, -0.25) is 4.98 Å². The Labute approximate surface area is 728 Å². The number of hydrogen-bond donors (Lipinski definition) is 12. The van der Waals surface area contributed by atoms with Crippen LogP contribution in [0.15, 0.2) is 296 Å². The molecule has 630 valence electrons. The maximum atomic E-state index is 12.9. The molecule has 0 bridgehead atoms. The molecule has 16 aromatic rings. The predicted molar refractivity (Wildman–Crippen MR) is 503 cm³/mol. The first-order valence-electron chi connectivity index (χ1n) is 40.0. The van der Waals surface area contributed by atoms with Crippen molar-refractivity contribution in [2.75, 3.05) is 70.1 Å². The van der Waals surface area contributed by atoms with Crippen molar-refractivity contribution >= 4 is 151 Å². The lowest BCUT2D eigenvalue weighted by Gasteiger charge is -2.13. The molecule has 0 aliphatic heterocycles. The SMILES string of the molecule is CSc1cccc(Nc2nc(Nc3cccc(C)c3)nc(Nc3cccc(C)c3)n2)c1.Cc1cccc(Nc2nc(Nc3ccc(C(F)(F)F)cc3)nc(Nc3cccc(C)c3)n2)c1.Cc1cccc(Nc2nc(Nc3cccc(C)c3)nc(Nc3cccc(C(C)C)c3)n2)c1.Cc1cccc(Nc2nc(Nc3cccnc3)nc(Nc3cccc(C)c3)n2)c1. The molecule has 5 heterocycles. The molecule has 0 saturated heterocycles. The van der Waals surface area contributed by atoms with Gasteiger partial charge in [0.2, 0.25) is 71.4 Å². The normalized spacial score (nSPS) is 10.7. The molecule has 29 heteroatoms. The lowest BCUT2D eigenvalue weighted by molar-refractivity contribution is -0.137. The lowest BCUT2D eigenvalue weighted by Crippen LogP contribution is -2.08. The summed E-state index contributed by atoms with van der Waals surface area (Å²) in [4.78, 5) is 59.5. The summed E-state index contributed by atoms with van der Waals surface area (Å²) in [7, 11) is 0. The highest BCUT2D eigenvalue weighted by Gasteiger charge is 2.30. The Bertz CT molecular complexity index is 6040. The molecule has 0 aliphatic rings. The van der Waals surface area contributed by atoms with Gasteiger partial charge in [0.15, 0.2) is 0 Å². The second-order valence-corrected chi connectivity index (χ2v) is 30.4. The summed E-state index contributed by atoms with van der Waals surface area (Å²) in [6.45, 7) is 20.6. The van der Waals surface area contributed by atoms with Crippen molar-refractivity contribution in [2.24, 2.45) is 0 Å². The molecule has 0 fully saturated rings. The number of halogens is 3. The molecule has 0 aliphatic carbocycles. The number of anilines is 24.